The van der Waals surface area contributed by atoms with Crippen molar-refractivity contribution in [2.75, 3.05) is 5.32 Å². The van der Waals surface area contributed by atoms with Crippen LogP contribution in [-0.2, 0) is 11.3 Å². The van der Waals surface area contributed by atoms with E-state index in [0.717, 1.165) is 33.8 Å². The van der Waals surface area contributed by atoms with Crippen LogP contribution in [0, 0.1) is 0 Å². The van der Waals surface area contributed by atoms with Gasteiger partial charge in [-0.3, -0.25) is 9.79 Å². The van der Waals surface area contributed by atoms with Crippen LogP contribution >= 0.6 is 23.4 Å². The number of hydrogen-bond acceptors (Lipinski definition) is 4. The number of thioether (sulfide) groups is 1. The van der Waals surface area contributed by atoms with Crippen molar-refractivity contribution in [3.63, 3.8) is 0 Å². The van der Waals surface area contributed by atoms with Crippen molar-refractivity contribution in [3.05, 3.63) is 95.8 Å². The molecule has 0 fully saturated rings. The van der Waals surface area contributed by atoms with Crippen molar-refractivity contribution < 1.29 is 4.79 Å². The highest BCUT2D eigenvalue weighted by molar-refractivity contribution is 8.00. The van der Waals surface area contributed by atoms with Crippen molar-refractivity contribution in [3.8, 4) is 0 Å². The van der Waals surface area contributed by atoms with Crippen molar-refractivity contribution in [1.82, 2.24) is 9.55 Å². The Labute approximate surface area is 219 Å². The molecule has 0 saturated heterocycles. The number of benzene rings is 3. The summed E-state index contributed by atoms with van der Waals surface area (Å²) in [5, 5.41) is 5.50. The molecule has 180 valence electrons. The lowest BCUT2D eigenvalue weighted by molar-refractivity contribution is -0.115. The molecule has 5 nitrogen and oxygen atoms in total. The van der Waals surface area contributed by atoms with Crippen molar-refractivity contribution in [2.24, 2.45) is 4.99 Å². The van der Waals surface area contributed by atoms with Crippen molar-refractivity contribution >= 4 is 68.7 Å². The minimum absolute atomic E-state index is 0.0623. The van der Waals surface area contributed by atoms with E-state index in [1.54, 1.807) is 12.4 Å². The Balaban J connectivity index is 1.34. The van der Waals surface area contributed by atoms with E-state index in [0.29, 0.717) is 5.15 Å². The van der Waals surface area contributed by atoms with Crippen LogP contribution in [0.25, 0.3) is 21.8 Å². The summed E-state index contributed by atoms with van der Waals surface area (Å²) in [4.78, 5) is 22.7. The molecule has 2 heterocycles. The van der Waals surface area contributed by atoms with Gasteiger partial charge in [-0.05, 0) is 62.4 Å². The molecule has 0 aliphatic heterocycles. The summed E-state index contributed by atoms with van der Waals surface area (Å²) in [6.07, 6.45) is 3.34. The average Bonchev–Trinajstić information content (AvgIpc) is 3.22. The molecule has 1 atom stereocenters. The molecule has 1 unspecified atom stereocenters. The molecule has 5 rings (SSSR count). The number of nitrogens with zero attached hydrogens (tertiary/aromatic N) is 3. The highest BCUT2D eigenvalue weighted by Gasteiger charge is 2.17. The third kappa shape index (κ3) is 4.87. The monoisotopic (exact) mass is 512 g/mol. The Morgan fingerprint density at radius 3 is 2.67 bits per heavy atom. The number of aliphatic imine (C=N–C) groups is 1. The summed E-state index contributed by atoms with van der Waals surface area (Å²) in [7, 11) is 0. The first kappa shape index (κ1) is 24.1. The number of pyridine rings is 1. The van der Waals surface area contributed by atoms with Crippen LogP contribution in [0.4, 0.5) is 11.4 Å². The largest absolute Gasteiger partial charge is 0.341 e. The third-order valence-electron chi connectivity index (χ3n) is 6.03. The molecular formula is C29H25ClN4OS. The van der Waals surface area contributed by atoms with Crippen LogP contribution in [0.2, 0.25) is 5.15 Å². The van der Waals surface area contributed by atoms with Crippen LogP contribution in [0.1, 0.15) is 19.4 Å². The van der Waals surface area contributed by atoms with Crippen LogP contribution in [0.3, 0.4) is 0 Å². The molecule has 0 aliphatic carbocycles. The lowest BCUT2D eigenvalue weighted by Gasteiger charge is -2.13. The van der Waals surface area contributed by atoms with E-state index in [1.165, 1.54) is 28.2 Å². The topological polar surface area (TPSA) is 59.3 Å². The third-order valence-corrected chi connectivity index (χ3v) is 7.51. The zero-order chi connectivity index (χ0) is 25.1. The van der Waals surface area contributed by atoms with Gasteiger partial charge in [0.2, 0.25) is 5.91 Å². The number of halogens is 1. The number of fused-ring (bicyclic) bond motifs is 3. The van der Waals surface area contributed by atoms with Gasteiger partial charge in [-0.2, -0.15) is 0 Å². The summed E-state index contributed by atoms with van der Waals surface area (Å²) in [6, 6.07) is 25.9. The molecule has 0 aliphatic rings. The van der Waals surface area contributed by atoms with E-state index in [9.17, 15) is 4.79 Å². The van der Waals surface area contributed by atoms with E-state index in [4.69, 9.17) is 11.6 Å². The van der Waals surface area contributed by atoms with Crippen LogP contribution in [0.5, 0.6) is 0 Å². The fraction of sp³-hybridized carbons (Fsp3) is 0.138. The molecule has 0 radical (unpaired) electrons. The summed E-state index contributed by atoms with van der Waals surface area (Å²) < 4.78 is 2.30. The van der Waals surface area contributed by atoms with Crippen molar-refractivity contribution in [1.29, 1.82) is 0 Å². The van der Waals surface area contributed by atoms with Crippen LogP contribution in [-0.4, -0.2) is 26.9 Å². The molecule has 1 amide bonds. The van der Waals surface area contributed by atoms with Gasteiger partial charge in [-0.15, -0.1) is 11.8 Å². The van der Waals surface area contributed by atoms with Gasteiger partial charge in [-0.1, -0.05) is 41.9 Å². The molecule has 2 aromatic heterocycles. The van der Waals surface area contributed by atoms with Crippen molar-refractivity contribution in [2.45, 2.75) is 30.5 Å². The molecular weight excluding hydrogens is 488 g/mol. The second kappa shape index (κ2) is 10.6. The standard InChI is InChI=1S/C29H25ClN4OS/c1-3-34-25-12-6-4-10-22(25)23-17-21(14-15-26(23)34)33-29(35)19(2)36-27-13-7-5-11-24(27)32-18-20-9-8-16-31-28(20)30/h4-19H,3H2,1-2H3,(H,33,35). The number of carbonyl (C=O) groups excluding carboxylic acids is 1. The number of nitrogens with one attached hydrogen (secondary N) is 1. The normalized spacial score (nSPS) is 12.4. The summed E-state index contributed by atoms with van der Waals surface area (Å²) in [5.74, 6) is -0.0623. The number of rotatable bonds is 7. The minimum Gasteiger partial charge on any atom is -0.341 e. The number of hydrogen-bond donors (Lipinski definition) is 1. The predicted molar refractivity (Wildman–Crippen MR) is 152 cm³/mol. The number of para-hydroxylation sites is 2. The zero-order valence-electron chi connectivity index (χ0n) is 20.0. The number of aromatic nitrogens is 2. The maximum Gasteiger partial charge on any atom is 0.237 e. The van der Waals surface area contributed by atoms with E-state index in [-0.39, 0.29) is 11.2 Å². The quantitative estimate of drug-likeness (QED) is 0.138. The maximum atomic E-state index is 13.1. The highest BCUT2D eigenvalue weighted by atomic mass is 35.5. The molecule has 36 heavy (non-hydrogen) atoms. The van der Waals surface area contributed by atoms with E-state index in [2.05, 4.69) is 57.1 Å². The van der Waals surface area contributed by atoms with Gasteiger partial charge in [-0.25, -0.2) is 4.98 Å². The van der Waals surface area contributed by atoms with Gasteiger partial charge in [0.1, 0.15) is 5.15 Å². The van der Waals surface area contributed by atoms with Gasteiger partial charge in [0, 0.05) is 56.9 Å². The number of carbonyl (C=O) groups is 1. The lowest BCUT2D eigenvalue weighted by Crippen LogP contribution is -2.22. The Bertz CT molecular complexity index is 1590. The first-order valence-electron chi connectivity index (χ1n) is 11.8. The van der Waals surface area contributed by atoms with Crippen LogP contribution in [0.15, 0.2) is 94.9 Å². The Hall–Kier alpha value is -3.61. The van der Waals surface area contributed by atoms with Gasteiger partial charge in [0.15, 0.2) is 0 Å². The fourth-order valence-corrected chi connectivity index (χ4v) is 5.37. The Morgan fingerprint density at radius 2 is 1.83 bits per heavy atom. The van der Waals surface area contributed by atoms with Gasteiger partial charge in [0.05, 0.1) is 10.9 Å². The molecule has 7 heteroatoms. The Morgan fingerprint density at radius 1 is 1.06 bits per heavy atom. The van der Waals surface area contributed by atoms with Crippen LogP contribution < -0.4 is 5.32 Å². The average molecular weight is 513 g/mol. The second-order valence-electron chi connectivity index (χ2n) is 8.35. The maximum absolute atomic E-state index is 13.1. The lowest BCUT2D eigenvalue weighted by atomic mass is 10.1. The SMILES string of the molecule is CCn1c2ccccc2c2cc(NC(=O)C(C)Sc3ccccc3N=Cc3cccnc3Cl)ccc21. The molecule has 3 aromatic carbocycles. The molecule has 1 N–H and O–H groups in total. The summed E-state index contributed by atoms with van der Waals surface area (Å²) in [6.45, 7) is 4.94. The summed E-state index contributed by atoms with van der Waals surface area (Å²) >= 11 is 7.62. The fourth-order valence-electron chi connectivity index (χ4n) is 4.26. The Kier molecular flexibility index (Phi) is 7.07. The smallest absolute Gasteiger partial charge is 0.237 e. The summed E-state index contributed by atoms with van der Waals surface area (Å²) in [5.41, 5.74) is 4.67. The van der Waals surface area contributed by atoms with Gasteiger partial charge in [0.25, 0.3) is 0 Å². The predicted octanol–water partition coefficient (Wildman–Crippen LogP) is 7.73. The van der Waals surface area contributed by atoms with E-state index >= 15 is 0 Å². The number of aryl methyl sites for hydroxylation is 1. The van der Waals surface area contributed by atoms with Gasteiger partial charge >= 0.3 is 0 Å². The number of anilines is 1. The molecule has 5 aromatic rings. The molecule has 0 bridgehead atoms. The van der Waals surface area contributed by atoms with E-state index < -0.39 is 0 Å². The second-order valence-corrected chi connectivity index (χ2v) is 10.1. The van der Waals surface area contributed by atoms with E-state index in [1.807, 2.05) is 55.5 Å². The molecule has 0 spiro atoms. The first-order chi connectivity index (χ1) is 17.5. The minimum atomic E-state index is -0.323. The number of amides is 1. The molecule has 0 saturated carbocycles. The zero-order valence-corrected chi connectivity index (χ0v) is 21.6. The van der Waals surface area contributed by atoms with Gasteiger partial charge < -0.3 is 9.88 Å². The highest BCUT2D eigenvalue weighted by Crippen LogP contribution is 2.34. The first-order valence-corrected chi connectivity index (χ1v) is 13.0.